The molecule has 16 heavy (non-hydrogen) atoms. The van der Waals surface area contributed by atoms with E-state index in [4.69, 9.17) is 20.5 Å². The fraction of sp³-hybridized carbons (Fsp3) is 0.400. The van der Waals surface area contributed by atoms with Gasteiger partial charge in [0.05, 0.1) is 0 Å². The molecule has 0 bridgehead atoms. The summed E-state index contributed by atoms with van der Waals surface area (Å²) in [7, 11) is 0. The van der Waals surface area contributed by atoms with Gasteiger partial charge in [0.25, 0.3) is 0 Å². The molecule has 86 valence electrons. The molecular formula is C10H12N2O3S. The number of nitriles is 1. The largest absolute Gasteiger partial charge is 0.470 e. The third kappa shape index (κ3) is 3.21. The van der Waals surface area contributed by atoms with Gasteiger partial charge in [0, 0.05) is 11.3 Å². The molecule has 0 aromatic rings. The van der Waals surface area contributed by atoms with Crippen molar-refractivity contribution in [3.05, 3.63) is 22.9 Å². The monoisotopic (exact) mass is 240 g/mol. The van der Waals surface area contributed by atoms with Crippen LogP contribution in [-0.2, 0) is 14.3 Å². The molecule has 0 fully saturated rings. The van der Waals surface area contributed by atoms with Crippen LogP contribution in [0.5, 0.6) is 0 Å². The zero-order valence-corrected chi connectivity index (χ0v) is 9.67. The zero-order chi connectivity index (χ0) is 12.1. The van der Waals surface area contributed by atoms with E-state index in [1.165, 1.54) is 11.8 Å². The Morgan fingerprint density at radius 3 is 3.06 bits per heavy atom. The molecule has 1 rings (SSSR count). The van der Waals surface area contributed by atoms with Crippen molar-refractivity contribution in [2.75, 3.05) is 12.4 Å². The highest BCUT2D eigenvalue weighted by molar-refractivity contribution is 8.03. The molecule has 0 saturated heterocycles. The van der Waals surface area contributed by atoms with Gasteiger partial charge in [-0.25, -0.2) is 4.79 Å². The van der Waals surface area contributed by atoms with Crippen LogP contribution in [0.15, 0.2) is 22.9 Å². The van der Waals surface area contributed by atoms with Crippen LogP contribution in [0.1, 0.15) is 6.92 Å². The highest BCUT2D eigenvalue weighted by Gasteiger charge is 2.22. The van der Waals surface area contributed by atoms with Crippen LogP contribution in [0.2, 0.25) is 0 Å². The first kappa shape index (κ1) is 12.5. The fourth-order valence-electron chi connectivity index (χ4n) is 0.976. The summed E-state index contributed by atoms with van der Waals surface area (Å²) in [4.78, 5) is 11.5. The average Bonchev–Trinajstić information content (AvgIpc) is 2.25. The Labute approximate surface area is 97.9 Å². The summed E-state index contributed by atoms with van der Waals surface area (Å²) in [6.07, 6.45) is -0.314. The summed E-state index contributed by atoms with van der Waals surface area (Å²) < 4.78 is 10.1. The Morgan fingerprint density at radius 2 is 2.56 bits per heavy atom. The topological polar surface area (TPSA) is 85.3 Å². The van der Waals surface area contributed by atoms with Crippen molar-refractivity contribution in [2.45, 2.75) is 13.0 Å². The maximum absolute atomic E-state index is 11.1. The Balaban J connectivity index is 2.44. The van der Waals surface area contributed by atoms with Crippen molar-refractivity contribution < 1.29 is 14.3 Å². The van der Waals surface area contributed by atoms with E-state index in [1.54, 1.807) is 6.92 Å². The van der Waals surface area contributed by atoms with Crippen molar-refractivity contribution in [3.63, 3.8) is 0 Å². The molecule has 0 aliphatic carbocycles. The number of thioether (sulfide) groups is 1. The summed E-state index contributed by atoms with van der Waals surface area (Å²) in [5, 5.41) is 8.65. The molecule has 1 atom stereocenters. The number of ether oxygens (including phenoxy) is 2. The molecule has 1 aliphatic heterocycles. The lowest BCUT2D eigenvalue weighted by Crippen LogP contribution is -2.29. The Morgan fingerprint density at radius 1 is 1.88 bits per heavy atom. The molecule has 0 saturated carbocycles. The summed E-state index contributed by atoms with van der Waals surface area (Å²) in [6, 6.07) is 1.93. The van der Waals surface area contributed by atoms with Gasteiger partial charge in [-0.2, -0.15) is 5.26 Å². The van der Waals surface area contributed by atoms with Gasteiger partial charge in [-0.3, -0.25) is 0 Å². The lowest BCUT2D eigenvalue weighted by atomic mass is 10.3. The first-order chi connectivity index (χ1) is 7.54. The van der Waals surface area contributed by atoms with Gasteiger partial charge in [-0.05, 0) is 6.92 Å². The van der Waals surface area contributed by atoms with Crippen molar-refractivity contribution in [1.82, 2.24) is 0 Å². The minimum atomic E-state index is -0.456. The maximum Gasteiger partial charge on any atom is 0.333 e. The van der Waals surface area contributed by atoms with Crippen molar-refractivity contribution in [3.8, 4) is 6.07 Å². The normalized spacial score (nSPS) is 19.6. The van der Waals surface area contributed by atoms with Crippen LogP contribution in [0, 0.1) is 11.3 Å². The maximum atomic E-state index is 11.1. The van der Waals surface area contributed by atoms with Crippen molar-refractivity contribution in [1.29, 1.82) is 5.26 Å². The lowest BCUT2D eigenvalue weighted by Gasteiger charge is -2.23. The second-order valence-corrected chi connectivity index (χ2v) is 4.27. The van der Waals surface area contributed by atoms with Crippen LogP contribution in [0.3, 0.4) is 0 Å². The van der Waals surface area contributed by atoms with E-state index in [9.17, 15) is 4.79 Å². The van der Waals surface area contributed by atoms with Gasteiger partial charge in [0.1, 0.15) is 23.7 Å². The third-order valence-corrected chi connectivity index (χ3v) is 2.90. The SMILES string of the molecule is C=C(C)C(=O)OCC1CSC(C#N)=C(N)O1. The van der Waals surface area contributed by atoms with Crippen molar-refractivity contribution in [2.24, 2.45) is 5.73 Å². The molecule has 5 nitrogen and oxygen atoms in total. The van der Waals surface area contributed by atoms with Crippen LogP contribution >= 0.6 is 11.8 Å². The van der Waals surface area contributed by atoms with E-state index in [-0.39, 0.29) is 18.6 Å². The van der Waals surface area contributed by atoms with Crippen LogP contribution in [0.4, 0.5) is 0 Å². The number of rotatable bonds is 3. The van der Waals surface area contributed by atoms with E-state index in [0.29, 0.717) is 16.2 Å². The average molecular weight is 240 g/mol. The van der Waals surface area contributed by atoms with Gasteiger partial charge >= 0.3 is 5.97 Å². The second kappa shape index (κ2) is 5.47. The lowest BCUT2D eigenvalue weighted by molar-refractivity contribution is -0.141. The Kier molecular flexibility index (Phi) is 4.26. The number of hydrogen-bond acceptors (Lipinski definition) is 6. The Hall–Kier alpha value is -1.61. The number of esters is 1. The highest BCUT2D eigenvalue weighted by Crippen LogP contribution is 2.25. The molecule has 0 aromatic carbocycles. The van der Waals surface area contributed by atoms with Crippen LogP contribution < -0.4 is 5.73 Å². The van der Waals surface area contributed by atoms with Gasteiger partial charge in [-0.1, -0.05) is 6.58 Å². The minimum Gasteiger partial charge on any atom is -0.470 e. The van der Waals surface area contributed by atoms with E-state index in [0.717, 1.165) is 0 Å². The standard InChI is InChI=1S/C10H12N2O3S/c1-6(2)10(13)14-4-7-5-16-8(3-11)9(12)15-7/h7H,1,4-5,12H2,2H3. The summed E-state index contributed by atoms with van der Waals surface area (Å²) in [6.45, 7) is 5.14. The molecule has 6 heteroatoms. The molecule has 1 unspecified atom stereocenters. The second-order valence-electron chi connectivity index (χ2n) is 3.23. The van der Waals surface area contributed by atoms with Gasteiger partial charge in [0.15, 0.2) is 0 Å². The highest BCUT2D eigenvalue weighted by atomic mass is 32.2. The van der Waals surface area contributed by atoms with Gasteiger partial charge in [-0.15, -0.1) is 11.8 Å². The molecule has 0 spiro atoms. The number of nitrogens with zero attached hydrogens (tertiary/aromatic N) is 1. The molecule has 2 N–H and O–H groups in total. The number of nitrogens with two attached hydrogens (primary N) is 1. The summed E-state index contributed by atoms with van der Waals surface area (Å²) in [5.74, 6) is 0.171. The molecule has 0 aromatic heterocycles. The zero-order valence-electron chi connectivity index (χ0n) is 8.86. The van der Waals surface area contributed by atoms with Gasteiger partial charge < -0.3 is 15.2 Å². The Bertz CT molecular complexity index is 384. The van der Waals surface area contributed by atoms with Crippen LogP contribution in [-0.4, -0.2) is 24.4 Å². The van der Waals surface area contributed by atoms with E-state index >= 15 is 0 Å². The van der Waals surface area contributed by atoms with Crippen molar-refractivity contribution >= 4 is 17.7 Å². The number of carbonyl (C=O) groups is 1. The first-order valence-corrected chi connectivity index (χ1v) is 5.55. The molecular weight excluding hydrogens is 228 g/mol. The van der Waals surface area contributed by atoms with E-state index in [2.05, 4.69) is 6.58 Å². The number of hydrogen-bond donors (Lipinski definition) is 1. The van der Waals surface area contributed by atoms with Gasteiger partial charge in [0.2, 0.25) is 5.88 Å². The molecule has 0 radical (unpaired) electrons. The predicted octanol–water partition coefficient (Wildman–Crippen LogP) is 0.889. The first-order valence-electron chi connectivity index (χ1n) is 4.56. The summed E-state index contributed by atoms with van der Waals surface area (Å²) >= 11 is 1.29. The molecule has 0 amide bonds. The van der Waals surface area contributed by atoms with E-state index in [1.807, 2.05) is 6.07 Å². The predicted molar refractivity (Wildman–Crippen MR) is 59.9 cm³/mol. The smallest absolute Gasteiger partial charge is 0.333 e. The molecule has 1 heterocycles. The minimum absolute atomic E-state index is 0.0927. The van der Waals surface area contributed by atoms with E-state index < -0.39 is 5.97 Å². The summed E-state index contributed by atoms with van der Waals surface area (Å²) in [5.41, 5.74) is 5.84. The third-order valence-electron chi connectivity index (χ3n) is 1.78. The quantitative estimate of drug-likeness (QED) is 0.582. The van der Waals surface area contributed by atoms with Crippen LogP contribution in [0.25, 0.3) is 0 Å². The fourth-order valence-corrected chi connectivity index (χ4v) is 1.75. The molecule has 1 aliphatic rings. The number of allylic oxidation sites excluding steroid dienone is 1. The number of carbonyl (C=O) groups excluding carboxylic acids is 1.